The van der Waals surface area contributed by atoms with Gasteiger partial charge in [-0.3, -0.25) is 19.3 Å². The van der Waals surface area contributed by atoms with Crippen LogP contribution in [-0.4, -0.2) is 17.7 Å². The molecule has 2 aromatic carbocycles. The number of nitrogens with one attached hydrogen (secondary N) is 1. The third-order valence-corrected chi connectivity index (χ3v) is 5.57. The van der Waals surface area contributed by atoms with Crippen molar-refractivity contribution in [3.05, 3.63) is 70.8 Å². The Labute approximate surface area is 168 Å². The number of halogens is 1. The maximum Gasteiger partial charge on any atom is 0.255 e. The quantitative estimate of drug-likeness (QED) is 0.790. The molecule has 1 fully saturated rings. The summed E-state index contributed by atoms with van der Waals surface area (Å²) in [6.07, 6.45) is 2.71. The molecule has 0 bridgehead atoms. The molecule has 1 heterocycles. The number of imide groups is 1. The van der Waals surface area contributed by atoms with Crippen LogP contribution in [-0.2, 0) is 9.59 Å². The van der Waals surface area contributed by atoms with Gasteiger partial charge in [0.2, 0.25) is 11.8 Å². The number of hydrogen-bond acceptors (Lipinski definition) is 3. The van der Waals surface area contributed by atoms with Crippen molar-refractivity contribution in [3.8, 4) is 0 Å². The first-order valence-corrected chi connectivity index (χ1v) is 9.52. The van der Waals surface area contributed by atoms with E-state index >= 15 is 0 Å². The zero-order valence-corrected chi connectivity index (χ0v) is 16.1. The third-order valence-electron chi connectivity index (χ3n) is 5.27. The maximum absolute atomic E-state index is 12.7. The number of hydrogen-bond donors (Lipinski definition) is 1. The van der Waals surface area contributed by atoms with Gasteiger partial charge in [0.1, 0.15) is 0 Å². The number of nitrogens with zero attached hydrogens (tertiary/aromatic N) is 1. The van der Waals surface area contributed by atoms with Gasteiger partial charge in [-0.25, -0.2) is 0 Å². The monoisotopic (exact) mass is 394 g/mol. The van der Waals surface area contributed by atoms with Gasteiger partial charge in [0.25, 0.3) is 5.91 Å². The molecule has 2 aliphatic rings. The summed E-state index contributed by atoms with van der Waals surface area (Å²) >= 11 is 6.06. The van der Waals surface area contributed by atoms with Crippen LogP contribution in [0.2, 0.25) is 0 Å². The molecule has 0 saturated carbocycles. The van der Waals surface area contributed by atoms with Crippen LogP contribution in [0.5, 0.6) is 0 Å². The first-order valence-electron chi connectivity index (χ1n) is 9.14. The molecule has 2 aromatic rings. The summed E-state index contributed by atoms with van der Waals surface area (Å²) in [4.78, 5) is 39.1. The molecule has 28 heavy (non-hydrogen) atoms. The second-order valence-electron chi connectivity index (χ2n) is 7.18. The summed E-state index contributed by atoms with van der Waals surface area (Å²) in [6.45, 7) is 1.98. The SMILES string of the molecule is Cc1ccc(NC(=O)c2ccc(N3C(=O)[C@H]4CC(Cl)=CC[C@H]4C3=O)cc2)cc1. The number of carbonyl (C=O) groups excluding carboxylic acids is 3. The summed E-state index contributed by atoms with van der Waals surface area (Å²) in [6, 6.07) is 14.0. The predicted octanol–water partition coefficient (Wildman–Crippen LogP) is 4.27. The van der Waals surface area contributed by atoms with Crippen LogP contribution in [0.15, 0.2) is 59.6 Å². The Balaban J connectivity index is 1.50. The summed E-state index contributed by atoms with van der Waals surface area (Å²) in [5.74, 6) is -1.42. The first-order chi connectivity index (χ1) is 13.4. The lowest BCUT2D eigenvalue weighted by molar-refractivity contribution is -0.122. The molecule has 0 unspecified atom stereocenters. The molecular formula is C22H19ClN2O3. The molecule has 6 heteroatoms. The van der Waals surface area contributed by atoms with E-state index < -0.39 is 5.92 Å². The van der Waals surface area contributed by atoms with E-state index in [1.807, 2.05) is 37.3 Å². The molecular weight excluding hydrogens is 376 g/mol. The summed E-state index contributed by atoms with van der Waals surface area (Å²) in [7, 11) is 0. The van der Waals surface area contributed by atoms with Gasteiger partial charge in [-0.05, 0) is 56.2 Å². The van der Waals surface area contributed by atoms with E-state index in [1.165, 1.54) is 4.90 Å². The van der Waals surface area contributed by atoms with Crippen molar-refractivity contribution in [1.29, 1.82) is 0 Å². The zero-order valence-electron chi connectivity index (χ0n) is 15.3. The molecule has 1 aliphatic heterocycles. The van der Waals surface area contributed by atoms with Crippen LogP contribution >= 0.6 is 11.6 Å². The van der Waals surface area contributed by atoms with Crippen molar-refractivity contribution in [3.63, 3.8) is 0 Å². The Morgan fingerprint density at radius 1 is 1.00 bits per heavy atom. The van der Waals surface area contributed by atoms with Gasteiger partial charge in [0, 0.05) is 16.3 Å². The minimum absolute atomic E-state index is 0.202. The average molecular weight is 395 g/mol. The van der Waals surface area contributed by atoms with E-state index in [0.717, 1.165) is 5.56 Å². The van der Waals surface area contributed by atoms with E-state index in [-0.39, 0.29) is 23.6 Å². The highest BCUT2D eigenvalue weighted by Crippen LogP contribution is 2.40. The van der Waals surface area contributed by atoms with Crippen LogP contribution in [0.1, 0.15) is 28.8 Å². The molecule has 1 saturated heterocycles. The minimum atomic E-state index is -0.394. The van der Waals surface area contributed by atoms with E-state index in [4.69, 9.17) is 11.6 Å². The highest BCUT2D eigenvalue weighted by atomic mass is 35.5. The number of carbonyl (C=O) groups is 3. The number of aryl methyl sites for hydroxylation is 1. The molecule has 1 aliphatic carbocycles. The molecule has 0 aromatic heterocycles. The van der Waals surface area contributed by atoms with E-state index in [0.29, 0.717) is 34.8 Å². The smallest absolute Gasteiger partial charge is 0.255 e. The minimum Gasteiger partial charge on any atom is -0.322 e. The number of fused-ring (bicyclic) bond motifs is 1. The summed E-state index contributed by atoms with van der Waals surface area (Å²) in [5.41, 5.74) is 2.75. The molecule has 4 rings (SSSR count). The van der Waals surface area contributed by atoms with E-state index in [9.17, 15) is 14.4 Å². The second kappa shape index (κ2) is 7.24. The number of anilines is 2. The Bertz CT molecular complexity index is 980. The zero-order chi connectivity index (χ0) is 19.8. The molecule has 142 valence electrons. The lowest BCUT2D eigenvalue weighted by Gasteiger charge is -2.17. The van der Waals surface area contributed by atoms with Gasteiger partial charge in [0.15, 0.2) is 0 Å². The fourth-order valence-electron chi connectivity index (χ4n) is 3.68. The van der Waals surface area contributed by atoms with E-state index in [1.54, 1.807) is 24.3 Å². The molecule has 0 spiro atoms. The third kappa shape index (κ3) is 3.34. The van der Waals surface area contributed by atoms with Gasteiger partial charge in [-0.2, -0.15) is 0 Å². The topological polar surface area (TPSA) is 66.5 Å². The van der Waals surface area contributed by atoms with Gasteiger partial charge < -0.3 is 5.32 Å². The fraction of sp³-hybridized carbons (Fsp3) is 0.227. The van der Waals surface area contributed by atoms with Gasteiger partial charge >= 0.3 is 0 Å². The Hall–Kier alpha value is -2.92. The van der Waals surface area contributed by atoms with E-state index in [2.05, 4.69) is 5.32 Å². The summed E-state index contributed by atoms with van der Waals surface area (Å²) in [5, 5.41) is 3.46. The number of amides is 3. The van der Waals surface area contributed by atoms with Crippen molar-refractivity contribution in [2.24, 2.45) is 11.8 Å². The lowest BCUT2D eigenvalue weighted by Crippen LogP contribution is -2.30. The highest BCUT2D eigenvalue weighted by molar-refractivity contribution is 6.30. The van der Waals surface area contributed by atoms with Crippen LogP contribution in [0.4, 0.5) is 11.4 Å². The van der Waals surface area contributed by atoms with Crippen LogP contribution in [0.3, 0.4) is 0 Å². The Morgan fingerprint density at radius 2 is 1.64 bits per heavy atom. The number of rotatable bonds is 3. The fourth-order valence-corrected chi connectivity index (χ4v) is 3.94. The van der Waals surface area contributed by atoms with Gasteiger partial charge in [0.05, 0.1) is 17.5 Å². The number of allylic oxidation sites excluding steroid dienone is 2. The Kier molecular flexibility index (Phi) is 4.77. The van der Waals surface area contributed by atoms with Crippen LogP contribution < -0.4 is 10.2 Å². The second-order valence-corrected chi connectivity index (χ2v) is 7.67. The van der Waals surface area contributed by atoms with Crippen LogP contribution in [0, 0.1) is 18.8 Å². The maximum atomic E-state index is 12.7. The lowest BCUT2D eigenvalue weighted by atomic mass is 9.85. The average Bonchev–Trinajstić information content (AvgIpc) is 2.93. The highest BCUT2D eigenvalue weighted by Gasteiger charge is 2.48. The van der Waals surface area contributed by atoms with Crippen molar-refractivity contribution in [1.82, 2.24) is 0 Å². The van der Waals surface area contributed by atoms with Crippen molar-refractivity contribution in [2.75, 3.05) is 10.2 Å². The molecule has 3 amide bonds. The van der Waals surface area contributed by atoms with Crippen molar-refractivity contribution >= 4 is 40.7 Å². The molecule has 1 N–H and O–H groups in total. The van der Waals surface area contributed by atoms with Crippen molar-refractivity contribution in [2.45, 2.75) is 19.8 Å². The largest absolute Gasteiger partial charge is 0.322 e. The molecule has 5 nitrogen and oxygen atoms in total. The number of benzene rings is 2. The predicted molar refractivity (Wildman–Crippen MR) is 108 cm³/mol. The summed E-state index contributed by atoms with van der Waals surface area (Å²) < 4.78 is 0. The van der Waals surface area contributed by atoms with Gasteiger partial charge in [-0.15, -0.1) is 0 Å². The van der Waals surface area contributed by atoms with Gasteiger partial charge in [-0.1, -0.05) is 35.4 Å². The van der Waals surface area contributed by atoms with Crippen LogP contribution in [0.25, 0.3) is 0 Å². The Morgan fingerprint density at radius 3 is 2.32 bits per heavy atom. The van der Waals surface area contributed by atoms with Crippen molar-refractivity contribution < 1.29 is 14.4 Å². The molecule has 2 atom stereocenters. The normalized spacial score (nSPS) is 21.4. The first kappa shape index (κ1) is 18.4. The molecule has 0 radical (unpaired) electrons. The standard InChI is InChI=1S/C22H19ClN2O3/c1-13-2-7-16(8-3-13)24-20(26)14-4-9-17(10-5-14)25-21(27)18-11-6-15(23)12-19(18)22(25)28/h2-10,18-19H,11-12H2,1H3,(H,24,26)/t18-,19+/m1/s1.